The number of halogens is 16. The van der Waals surface area contributed by atoms with Crippen LogP contribution in [0.1, 0.15) is 20.3 Å². The van der Waals surface area contributed by atoms with Crippen LogP contribution in [0.2, 0.25) is 0 Å². The molecule has 34 heavy (non-hydrogen) atoms. The van der Waals surface area contributed by atoms with E-state index in [0.29, 0.717) is 6.92 Å². The predicted octanol–water partition coefficient (Wildman–Crippen LogP) is 5.29. The molecule has 1 saturated heterocycles. The van der Waals surface area contributed by atoms with Gasteiger partial charge in [0.15, 0.2) is 5.41 Å². The Morgan fingerprint density at radius 3 is 1.56 bits per heavy atom. The molecule has 0 radical (unpaired) electrons. The number of esters is 1. The summed E-state index contributed by atoms with van der Waals surface area (Å²) in [4.78, 5) is 11.8. The van der Waals surface area contributed by atoms with Crippen LogP contribution in [0.15, 0.2) is 0 Å². The molecule has 0 amide bonds. The fourth-order valence-electron chi connectivity index (χ4n) is 2.69. The SMILES string of the molecule is CCC(C)(C(=O)OC1(C(F)(F)F)OC(C(F)(F)F)C(F)(F)C(O)(C(F)(F)F)C1(F)F)C(F)(F)F. The molecule has 0 bridgehead atoms. The van der Waals surface area contributed by atoms with E-state index in [0.717, 1.165) is 0 Å². The van der Waals surface area contributed by atoms with Crippen molar-refractivity contribution in [2.75, 3.05) is 0 Å². The molecule has 202 valence electrons. The third-order valence-corrected chi connectivity index (χ3v) is 5.06. The van der Waals surface area contributed by atoms with E-state index in [2.05, 4.69) is 9.47 Å². The van der Waals surface area contributed by atoms with Crippen LogP contribution in [0.5, 0.6) is 0 Å². The molecular weight excluding hydrogens is 536 g/mol. The average Bonchev–Trinajstić information content (AvgIpc) is 2.57. The lowest BCUT2D eigenvalue weighted by molar-refractivity contribution is -0.556. The number of hydrogen-bond acceptors (Lipinski definition) is 4. The first-order valence-corrected chi connectivity index (χ1v) is 8.19. The monoisotopic (exact) mass is 546 g/mol. The third kappa shape index (κ3) is 3.74. The highest BCUT2D eigenvalue weighted by Crippen LogP contribution is 2.66. The zero-order valence-electron chi connectivity index (χ0n) is 16.0. The van der Waals surface area contributed by atoms with Gasteiger partial charge in [0.05, 0.1) is 0 Å². The summed E-state index contributed by atoms with van der Waals surface area (Å²) in [6.45, 7) is 0.0276. The van der Waals surface area contributed by atoms with E-state index in [-0.39, 0.29) is 6.92 Å². The fraction of sp³-hybridized carbons (Fsp3) is 0.929. The van der Waals surface area contributed by atoms with Gasteiger partial charge < -0.3 is 14.6 Å². The molecule has 1 N–H and O–H groups in total. The number of ether oxygens (including phenoxy) is 2. The van der Waals surface area contributed by atoms with Gasteiger partial charge in [0.2, 0.25) is 6.10 Å². The molecule has 0 aliphatic carbocycles. The summed E-state index contributed by atoms with van der Waals surface area (Å²) in [6, 6.07) is 0. The minimum Gasteiger partial charge on any atom is -0.417 e. The van der Waals surface area contributed by atoms with Crippen LogP contribution < -0.4 is 0 Å². The Balaban J connectivity index is 4.13. The molecule has 4 unspecified atom stereocenters. The first-order chi connectivity index (χ1) is 14.5. The van der Waals surface area contributed by atoms with Gasteiger partial charge in [-0.15, -0.1) is 0 Å². The first kappa shape index (κ1) is 30.3. The van der Waals surface area contributed by atoms with Gasteiger partial charge in [-0.3, -0.25) is 4.79 Å². The maximum atomic E-state index is 14.6. The van der Waals surface area contributed by atoms with Gasteiger partial charge in [0, 0.05) is 0 Å². The molecule has 0 saturated carbocycles. The largest absolute Gasteiger partial charge is 0.462 e. The molecule has 4 nitrogen and oxygen atoms in total. The van der Waals surface area contributed by atoms with E-state index >= 15 is 0 Å². The second kappa shape index (κ2) is 7.63. The Bertz CT molecular complexity index is 795. The van der Waals surface area contributed by atoms with Crippen molar-refractivity contribution in [3.8, 4) is 0 Å². The summed E-state index contributed by atoms with van der Waals surface area (Å²) in [6.07, 6.45) is -36.0. The van der Waals surface area contributed by atoms with Gasteiger partial charge in [0.1, 0.15) is 0 Å². The van der Waals surface area contributed by atoms with Crippen molar-refractivity contribution in [3.63, 3.8) is 0 Å². The van der Waals surface area contributed by atoms with Crippen LogP contribution in [0.3, 0.4) is 0 Å². The number of carbonyl (C=O) groups excluding carboxylic acids is 1. The molecule has 4 atom stereocenters. The quantitative estimate of drug-likeness (QED) is 0.386. The average molecular weight is 546 g/mol. The number of alkyl halides is 16. The second-order valence-electron chi connectivity index (χ2n) is 7.13. The van der Waals surface area contributed by atoms with Gasteiger partial charge >= 0.3 is 48.3 Å². The summed E-state index contributed by atoms with van der Waals surface area (Å²) < 4.78 is 221. The topological polar surface area (TPSA) is 55.8 Å². The van der Waals surface area contributed by atoms with Crippen LogP contribution >= 0.6 is 0 Å². The molecule has 1 aliphatic rings. The maximum absolute atomic E-state index is 14.6. The van der Waals surface area contributed by atoms with Crippen molar-refractivity contribution in [3.05, 3.63) is 0 Å². The summed E-state index contributed by atoms with van der Waals surface area (Å²) in [5.74, 6) is -25.9. The summed E-state index contributed by atoms with van der Waals surface area (Å²) in [7, 11) is 0. The van der Waals surface area contributed by atoms with Crippen LogP contribution in [0.4, 0.5) is 70.2 Å². The van der Waals surface area contributed by atoms with Gasteiger partial charge in [-0.25, -0.2) is 0 Å². The van der Waals surface area contributed by atoms with Gasteiger partial charge in [-0.1, -0.05) is 6.92 Å². The summed E-state index contributed by atoms with van der Waals surface area (Å²) >= 11 is 0. The number of rotatable bonds is 3. The van der Waals surface area contributed by atoms with E-state index in [1.54, 1.807) is 0 Å². The number of hydrogen-bond donors (Lipinski definition) is 1. The highest BCUT2D eigenvalue weighted by molar-refractivity contribution is 5.78. The van der Waals surface area contributed by atoms with Crippen LogP contribution in [0, 0.1) is 5.41 Å². The Kier molecular flexibility index (Phi) is 6.80. The summed E-state index contributed by atoms with van der Waals surface area (Å²) in [5.41, 5.74) is -11.9. The minimum atomic E-state index is -7.81. The molecular formula is C14H10F16O4. The number of aliphatic hydroxyl groups is 1. The van der Waals surface area contributed by atoms with Crippen molar-refractivity contribution >= 4 is 5.97 Å². The van der Waals surface area contributed by atoms with Crippen LogP contribution in [-0.4, -0.2) is 65.1 Å². The Labute approximate surface area is 176 Å². The lowest BCUT2D eigenvalue weighted by atomic mass is 9.76. The molecule has 0 aromatic carbocycles. The van der Waals surface area contributed by atoms with Crippen LogP contribution in [-0.2, 0) is 14.3 Å². The molecule has 0 aromatic rings. The molecule has 0 spiro atoms. The van der Waals surface area contributed by atoms with E-state index in [9.17, 15) is 75.0 Å². The molecule has 1 heterocycles. The molecule has 20 heteroatoms. The fourth-order valence-corrected chi connectivity index (χ4v) is 2.69. The standard InChI is InChI=1S/C14H10F16O4/c1-3-6(2,12(22,23)24)5(31)34-11(14(28,29)30)10(20,21)9(32,13(25,26)27)7(15,16)4(33-11)8(17,18)19/h4,32H,3H2,1-2H3. The van der Waals surface area contributed by atoms with Crippen LogP contribution in [0.25, 0.3) is 0 Å². The van der Waals surface area contributed by atoms with E-state index in [1.165, 1.54) is 0 Å². The normalized spacial score (nSPS) is 32.1. The van der Waals surface area contributed by atoms with E-state index < -0.39 is 71.8 Å². The lowest BCUT2D eigenvalue weighted by Crippen LogP contribution is -2.87. The van der Waals surface area contributed by atoms with Gasteiger partial charge in [0.25, 0.3) is 5.60 Å². The van der Waals surface area contributed by atoms with Gasteiger partial charge in [-0.2, -0.15) is 70.2 Å². The van der Waals surface area contributed by atoms with Crippen molar-refractivity contribution in [2.45, 2.75) is 74.3 Å². The van der Waals surface area contributed by atoms with Gasteiger partial charge in [-0.05, 0) is 13.3 Å². The molecule has 1 fully saturated rings. The Hall–Kier alpha value is -1.73. The first-order valence-electron chi connectivity index (χ1n) is 8.19. The maximum Gasteiger partial charge on any atom is 0.462 e. The highest BCUT2D eigenvalue weighted by atomic mass is 19.4. The van der Waals surface area contributed by atoms with E-state index in [4.69, 9.17) is 5.11 Å². The van der Waals surface area contributed by atoms with Crippen molar-refractivity contribution in [1.29, 1.82) is 0 Å². The zero-order chi connectivity index (χ0) is 27.8. The smallest absolute Gasteiger partial charge is 0.417 e. The lowest BCUT2D eigenvalue weighted by Gasteiger charge is -2.55. The predicted molar refractivity (Wildman–Crippen MR) is 71.2 cm³/mol. The Morgan fingerprint density at radius 1 is 0.882 bits per heavy atom. The third-order valence-electron chi connectivity index (χ3n) is 5.06. The van der Waals surface area contributed by atoms with Crippen molar-refractivity contribution in [1.82, 2.24) is 0 Å². The van der Waals surface area contributed by atoms with Crippen molar-refractivity contribution in [2.24, 2.45) is 5.41 Å². The zero-order valence-corrected chi connectivity index (χ0v) is 16.0. The minimum absolute atomic E-state index is 0.341. The molecule has 1 aliphatic heterocycles. The van der Waals surface area contributed by atoms with Crippen molar-refractivity contribution < 1.29 is 89.6 Å². The second-order valence-corrected chi connectivity index (χ2v) is 7.13. The Morgan fingerprint density at radius 2 is 1.29 bits per heavy atom. The highest BCUT2D eigenvalue weighted by Gasteiger charge is 2.98. The molecule has 0 aromatic heterocycles. The molecule has 1 rings (SSSR count). The van der Waals surface area contributed by atoms with E-state index in [1.807, 2.05) is 0 Å². The number of carbonyl (C=O) groups is 1. The summed E-state index contributed by atoms with van der Waals surface area (Å²) in [5, 5.41) is 9.11.